The van der Waals surface area contributed by atoms with Crippen molar-refractivity contribution in [2.75, 3.05) is 0 Å². The highest BCUT2D eigenvalue weighted by Gasteiger charge is 2.18. The Bertz CT molecular complexity index is 2510. The van der Waals surface area contributed by atoms with Gasteiger partial charge in [0.2, 0.25) is 0 Å². The number of aromatic nitrogens is 2. The maximum Gasteiger partial charge on any atom is 0.160 e. The first-order chi connectivity index (χ1) is 21.3. The summed E-state index contributed by atoms with van der Waals surface area (Å²) in [5, 5.41) is 9.86. The predicted octanol–water partition coefficient (Wildman–Crippen LogP) is 11.3. The monoisotopic (exact) mass is 564 g/mol. The van der Waals surface area contributed by atoms with Crippen LogP contribution in [0.5, 0.6) is 0 Å². The molecule has 0 spiro atoms. The molecule has 0 unspecified atom stereocenters. The largest absolute Gasteiger partial charge is 0.228 e. The van der Waals surface area contributed by atoms with Crippen molar-refractivity contribution in [2.24, 2.45) is 0 Å². The predicted molar refractivity (Wildman–Crippen MR) is 184 cm³/mol. The van der Waals surface area contributed by atoms with Gasteiger partial charge in [-0.25, -0.2) is 9.97 Å². The average molecular weight is 565 g/mol. The van der Waals surface area contributed by atoms with Crippen molar-refractivity contribution >= 4 is 63.8 Å². The van der Waals surface area contributed by atoms with E-state index < -0.39 is 0 Å². The number of hydrogen-bond donors (Lipinski definition) is 0. The highest BCUT2D eigenvalue weighted by atomic mass is 32.1. The molecule has 0 N–H and O–H groups in total. The topological polar surface area (TPSA) is 25.8 Å². The molecule has 7 aromatic carbocycles. The Morgan fingerprint density at radius 1 is 0.395 bits per heavy atom. The van der Waals surface area contributed by atoms with E-state index in [1.54, 1.807) is 0 Å². The molecule has 0 aliphatic carbocycles. The summed E-state index contributed by atoms with van der Waals surface area (Å²) in [5.41, 5.74) is 5.09. The van der Waals surface area contributed by atoms with E-state index in [1.807, 2.05) is 17.4 Å². The van der Waals surface area contributed by atoms with E-state index in [1.165, 1.54) is 52.5 Å². The van der Waals surface area contributed by atoms with Gasteiger partial charge in [-0.2, -0.15) is 0 Å². The summed E-state index contributed by atoms with van der Waals surface area (Å²) in [6.07, 6.45) is 0. The fourth-order valence-electron chi connectivity index (χ4n) is 6.43. The van der Waals surface area contributed by atoms with Gasteiger partial charge in [0.05, 0.1) is 11.4 Å². The van der Waals surface area contributed by atoms with E-state index >= 15 is 0 Å². The second-order valence-corrected chi connectivity index (χ2v) is 12.1. The third-order valence-electron chi connectivity index (χ3n) is 8.44. The van der Waals surface area contributed by atoms with Crippen molar-refractivity contribution in [1.82, 2.24) is 9.97 Å². The quantitative estimate of drug-likeness (QED) is 0.158. The molecule has 0 saturated carbocycles. The molecular formula is C40H24N2S. The summed E-state index contributed by atoms with van der Waals surface area (Å²) in [7, 11) is 0. The van der Waals surface area contributed by atoms with Crippen molar-refractivity contribution in [1.29, 1.82) is 0 Å². The normalized spacial score (nSPS) is 11.7. The molecule has 0 aliphatic heterocycles. The number of nitrogens with zero attached hydrogens (tertiary/aromatic N) is 2. The number of rotatable bonds is 3. The third kappa shape index (κ3) is 3.93. The maximum absolute atomic E-state index is 5.30. The minimum Gasteiger partial charge on any atom is -0.228 e. The van der Waals surface area contributed by atoms with Crippen LogP contribution in [0.15, 0.2) is 146 Å². The Hall–Kier alpha value is -5.38. The zero-order valence-corrected chi connectivity index (χ0v) is 24.0. The standard InChI is InChI=1S/C40H24N2S/c1-2-11-26(12-3-1)40-41-34(28-20-21-33-32-16-8-9-17-36(32)43-37(33)23-28)24-35(42-40)39-31-15-7-5-13-27(31)22-29-19-18-25-10-4-6-14-30(25)38(29)39/h1-24H. The molecule has 0 atom stereocenters. The molecule has 200 valence electrons. The lowest BCUT2D eigenvalue weighted by Crippen LogP contribution is -1.97. The lowest BCUT2D eigenvalue weighted by atomic mass is 9.90. The van der Waals surface area contributed by atoms with Gasteiger partial charge in [0, 0.05) is 36.9 Å². The average Bonchev–Trinajstić information content (AvgIpc) is 3.45. The van der Waals surface area contributed by atoms with Crippen LogP contribution in [-0.4, -0.2) is 9.97 Å². The van der Waals surface area contributed by atoms with Crippen LogP contribution in [0.4, 0.5) is 0 Å². The van der Waals surface area contributed by atoms with Crippen molar-refractivity contribution < 1.29 is 0 Å². The fourth-order valence-corrected chi connectivity index (χ4v) is 7.58. The molecule has 0 bridgehead atoms. The summed E-state index contributed by atoms with van der Waals surface area (Å²) < 4.78 is 2.57. The Labute approximate surface area is 252 Å². The minimum atomic E-state index is 0.728. The maximum atomic E-state index is 5.30. The van der Waals surface area contributed by atoms with Crippen molar-refractivity contribution in [3.8, 4) is 33.9 Å². The van der Waals surface area contributed by atoms with Gasteiger partial charge in [-0.05, 0) is 56.6 Å². The number of benzene rings is 7. The van der Waals surface area contributed by atoms with Crippen LogP contribution in [-0.2, 0) is 0 Å². The van der Waals surface area contributed by atoms with E-state index in [0.717, 1.165) is 33.9 Å². The Balaban J connectivity index is 1.38. The molecule has 2 aromatic heterocycles. The lowest BCUT2D eigenvalue weighted by Gasteiger charge is -2.16. The highest BCUT2D eigenvalue weighted by molar-refractivity contribution is 7.25. The highest BCUT2D eigenvalue weighted by Crippen LogP contribution is 2.42. The van der Waals surface area contributed by atoms with Crippen LogP contribution in [0.1, 0.15) is 0 Å². The summed E-state index contributed by atoms with van der Waals surface area (Å²) in [5.74, 6) is 0.728. The summed E-state index contributed by atoms with van der Waals surface area (Å²) in [6, 6.07) is 51.9. The summed E-state index contributed by atoms with van der Waals surface area (Å²) in [4.78, 5) is 10.5. The first kappa shape index (κ1) is 24.2. The van der Waals surface area contributed by atoms with E-state index in [-0.39, 0.29) is 0 Å². The van der Waals surface area contributed by atoms with Crippen molar-refractivity contribution in [3.63, 3.8) is 0 Å². The van der Waals surface area contributed by atoms with Crippen LogP contribution >= 0.6 is 11.3 Å². The Morgan fingerprint density at radius 2 is 1.07 bits per heavy atom. The van der Waals surface area contributed by atoms with Crippen molar-refractivity contribution in [3.05, 3.63) is 146 Å². The van der Waals surface area contributed by atoms with Gasteiger partial charge in [0.15, 0.2) is 5.82 Å². The van der Waals surface area contributed by atoms with Gasteiger partial charge < -0.3 is 0 Å². The van der Waals surface area contributed by atoms with Crippen molar-refractivity contribution in [2.45, 2.75) is 0 Å². The number of fused-ring (bicyclic) bond motifs is 7. The van der Waals surface area contributed by atoms with E-state index in [9.17, 15) is 0 Å². The molecule has 43 heavy (non-hydrogen) atoms. The molecular weight excluding hydrogens is 541 g/mol. The van der Waals surface area contributed by atoms with Crippen LogP contribution in [0.2, 0.25) is 0 Å². The minimum absolute atomic E-state index is 0.728. The van der Waals surface area contributed by atoms with Crippen LogP contribution in [0, 0.1) is 0 Å². The second kappa shape index (κ2) is 9.59. The zero-order chi connectivity index (χ0) is 28.3. The van der Waals surface area contributed by atoms with Gasteiger partial charge in [0.1, 0.15) is 0 Å². The molecule has 3 heteroatoms. The van der Waals surface area contributed by atoms with Gasteiger partial charge in [-0.3, -0.25) is 0 Å². The van der Waals surface area contributed by atoms with Gasteiger partial charge in [0.25, 0.3) is 0 Å². The van der Waals surface area contributed by atoms with Crippen LogP contribution in [0.3, 0.4) is 0 Å². The number of thiophene rings is 1. The molecule has 0 radical (unpaired) electrons. The van der Waals surface area contributed by atoms with Gasteiger partial charge in [-0.1, -0.05) is 121 Å². The van der Waals surface area contributed by atoms with Crippen LogP contribution in [0.25, 0.3) is 86.4 Å². The summed E-state index contributed by atoms with van der Waals surface area (Å²) >= 11 is 1.83. The lowest BCUT2D eigenvalue weighted by molar-refractivity contribution is 1.19. The number of hydrogen-bond acceptors (Lipinski definition) is 3. The van der Waals surface area contributed by atoms with Gasteiger partial charge >= 0.3 is 0 Å². The van der Waals surface area contributed by atoms with E-state index in [2.05, 4.69) is 140 Å². The summed E-state index contributed by atoms with van der Waals surface area (Å²) in [6.45, 7) is 0. The molecule has 0 saturated heterocycles. The molecule has 2 heterocycles. The zero-order valence-electron chi connectivity index (χ0n) is 23.2. The molecule has 2 nitrogen and oxygen atoms in total. The smallest absolute Gasteiger partial charge is 0.160 e. The fraction of sp³-hybridized carbons (Fsp3) is 0. The molecule has 0 aliphatic rings. The van der Waals surface area contributed by atoms with Crippen LogP contribution < -0.4 is 0 Å². The SMILES string of the molecule is c1ccc(-c2nc(-c3ccc4c(c3)sc3ccccc34)cc(-c3c4ccccc4cc4ccc5ccccc5c34)n2)cc1. The Kier molecular flexibility index (Phi) is 5.40. The second-order valence-electron chi connectivity index (χ2n) is 11.0. The molecule has 0 amide bonds. The van der Waals surface area contributed by atoms with E-state index in [4.69, 9.17) is 9.97 Å². The van der Waals surface area contributed by atoms with E-state index in [0.29, 0.717) is 0 Å². The molecule has 9 aromatic rings. The van der Waals surface area contributed by atoms with Gasteiger partial charge in [-0.15, -0.1) is 11.3 Å². The first-order valence-electron chi connectivity index (χ1n) is 14.5. The Morgan fingerprint density at radius 3 is 1.95 bits per heavy atom. The third-order valence-corrected chi connectivity index (χ3v) is 9.57. The first-order valence-corrected chi connectivity index (χ1v) is 15.3. The molecule has 9 rings (SSSR count). The molecule has 0 fully saturated rings.